The van der Waals surface area contributed by atoms with Crippen LogP contribution >= 0.6 is 0 Å². The molecular weight excluding hydrogens is 649 g/mol. The third-order valence-corrected chi connectivity index (χ3v) is 13.1. The van der Waals surface area contributed by atoms with Gasteiger partial charge in [0.25, 0.3) is 0 Å². The molecule has 9 aromatic rings. The maximum atomic E-state index is 2.52. The normalized spacial score (nSPS) is 14.8. The van der Waals surface area contributed by atoms with Crippen molar-refractivity contribution in [2.75, 3.05) is 0 Å². The fourth-order valence-corrected chi connectivity index (χ4v) is 10.5. The van der Waals surface area contributed by atoms with E-state index < -0.39 is 0 Å². The van der Waals surface area contributed by atoms with Crippen molar-refractivity contribution in [3.05, 3.63) is 179 Å². The number of hydrogen-bond acceptors (Lipinski definition) is 0. The Morgan fingerprint density at radius 2 is 0.704 bits per heavy atom. The number of hydrogen-bond donors (Lipinski definition) is 0. The first-order valence-corrected chi connectivity index (χ1v) is 19.4. The Kier molecular flexibility index (Phi) is 6.31. The average Bonchev–Trinajstić information content (AvgIpc) is 3.56. The summed E-state index contributed by atoms with van der Waals surface area (Å²) in [6.07, 6.45) is 0. The van der Waals surface area contributed by atoms with Crippen LogP contribution in [0.3, 0.4) is 0 Å². The second-order valence-corrected chi connectivity index (χ2v) is 17.0. The summed E-state index contributed by atoms with van der Waals surface area (Å²) in [5, 5.41) is 10.5. The van der Waals surface area contributed by atoms with E-state index in [2.05, 4.69) is 187 Å². The highest BCUT2D eigenvalue weighted by atomic mass is 14.4. The molecule has 2 aliphatic carbocycles. The smallest absolute Gasteiger partial charge is 0.0159 e. The molecule has 0 unspecified atom stereocenters. The maximum absolute atomic E-state index is 2.52. The van der Waals surface area contributed by atoms with Crippen molar-refractivity contribution in [1.29, 1.82) is 0 Å². The van der Waals surface area contributed by atoms with E-state index in [1.54, 1.807) is 0 Å². The zero-order valence-electron chi connectivity index (χ0n) is 31.9. The van der Waals surface area contributed by atoms with Crippen molar-refractivity contribution in [3.63, 3.8) is 0 Å². The Balaban J connectivity index is 1.32. The molecule has 0 fully saturated rings. The minimum absolute atomic E-state index is 0.0916. The van der Waals surface area contributed by atoms with Gasteiger partial charge in [-0.15, -0.1) is 0 Å². The van der Waals surface area contributed by atoms with Gasteiger partial charge in [0, 0.05) is 10.8 Å². The SMILES string of the molecule is Cc1ccc2c(c1)c1cc(C)ccc1c1c(-c3ccc4c(c3)C(C)(C)c3ccccc3-4)c3ccccc3c(-c3ccc4c(c3)C(C)(C)c3ccccc3-4)c21. The minimum atomic E-state index is -0.0916. The van der Waals surface area contributed by atoms with E-state index in [0.29, 0.717) is 0 Å². The third kappa shape index (κ3) is 4.09. The van der Waals surface area contributed by atoms with Gasteiger partial charge in [-0.1, -0.05) is 172 Å². The quantitative estimate of drug-likeness (QED) is 0.125. The van der Waals surface area contributed by atoms with E-state index in [0.717, 1.165) is 0 Å². The summed E-state index contributed by atoms with van der Waals surface area (Å²) in [6.45, 7) is 14.0. The predicted molar refractivity (Wildman–Crippen MR) is 232 cm³/mol. The van der Waals surface area contributed by atoms with Crippen molar-refractivity contribution >= 4 is 43.1 Å². The summed E-state index contributed by atoms with van der Waals surface area (Å²) in [5.41, 5.74) is 18.6. The van der Waals surface area contributed by atoms with Crippen molar-refractivity contribution in [3.8, 4) is 44.5 Å². The number of aryl methyl sites for hydroxylation is 2. The highest BCUT2D eigenvalue weighted by molar-refractivity contribution is 6.36. The predicted octanol–water partition coefficient (Wildman–Crippen LogP) is 14.9. The molecule has 11 rings (SSSR count). The van der Waals surface area contributed by atoms with Crippen LogP contribution in [-0.4, -0.2) is 0 Å². The van der Waals surface area contributed by atoms with Gasteiger partial charge in [-0.2, -0.15) is 0 Å². The van der Waals surface area contributed by atoms with E-state index in [1.165, 1.54) is 121 Å². The van der Waals surface area contributed by atoms with Crippen LogP contribution in [0.5, 0.6) is 0 Å². The summed E-state index contributed by atoms with van der Waals surface area (Å²) in [4.78, 5) is 0. The topological polar surface area (TPSA) is 0 Å². The maximum Gasteiger partial charge on any atom is 0.0159 e. The monoisotopic (exact) mass is 690 g/mol. The van der Waals surface area contributed by atoms with Crippen LogP contribution in [-0.2, 0) is 10.8 Å². The molecule has 0 heteroatoms. The van der Waals surface area contributed by atoms with Gasteiger partial charge in [0.1, 0.15) is 0 Å². The van der Waals surface area contributed by atoms with Crippen LogP contribution in [0, 0.1) is 13.8 Å². The zero-order valence-corrected chi connectivity index (χ0v) is 31.9. The van der Waals surface area contributed by atoms with E-state index in [1.807, 2.05) is 0 Å². The van der Waals surface area contributed by atoms with Gasteiger partial charge < -0.3 is 0 Å². The molecule has 0 atom stereocenters. The largest absolute Gasteiger partial charge is 0.0619 e. The molecule has 0 spiro atoms. The van der Waals surface area contributed by atoms with E-state index in [4.69, 9.17) is 0 Å². The Morgan fingerprint density at radius 3 is 1.15 bits per heavy atom. The van der Waals surface area contributed by atoms with E-state index in [-0.39, 0.29) is 10.8 Å². The molecular formula is C54H42. The second kappa shape index (κ2) is 10.8. The molecule has 9 aromatic carbocycles. The van der Waals surface area contributed by atoms with Crippen molar-refractivity contribution in [2.24, 2.45) is 0 Å². The number of fused-ring (bicyclic) bond motifs is 13. The summed E-state index contributed by atoms with van der Waals surface area (Å²) in [7, 11) is 0. The summed E-state index contributed by atoms with van der Waals surface area (Å²) in [6, 6.07) is 56.0. The second-order valence-electron chi connectivity index (χ2n) is 17.0. The molecule has 0 N–H and O–H groups in total. The van der Waals surface area contributed by atoms with E-state index >= 15 is 0 Å². The first-order valence-electron chi connectivity index (χ1n) is 19.4. The molecule has 0 aromatic heterocycles. The number of rotatable bonds is 2. The summed E-state index contributed by atoms with van der Waals surface area (Å²) >= 11 is 0. The molecule has 258 valence electrons. The van der Waals surface area contributed by atoms with Gasteiger partial charge in [0.15, 0.2) is 0 Å². The fourth-order valence-electron chi connectivity index (χ4n) is 10.5. The summed E-state index contributed by atoms with van der Waals surface area (Å²) < 4.78 is 0. The molecule has 0 aliphatic heterocycles. The minimum Gasteiger partial charge on any atom is -0.0619 e. The molecule has 0 radical (unpaired) electrons. The molecule has 0 saturated carbocycles. The van der Waals surface area contributed by atoms with Gasteiger partial charge >= 0.3 is 0 Å². The van der Waals surface area contributed by atoms with Crippen LogP contribution in [0.1, 0.15) is 61.1 Å². The van der Waals surface area contributed by atoms with E-state index in [9.17, 15) is 0 Å². The highest BCUT2D eigenvalue weighted by Crippen LogP contribution is 2.55. The highest BCUT2D eigenvalue weighted by Gasteiger charge is 2.37. The molecule has 0 saturated heterocycles. The van der Waals surface area contributed by atoms with Crippen molar-refractivity contribution in [2.45, 2.75) is 52.4 Å². The van der Waals surface area contributed by atoms with Crippen LogP contribution in [0.15, 0.2) is 146 Å². The molecule has 0 bridgehead atoms. The first kappa shape index (κ1) is 31.5. The number of benzene rings is 9. The van der Waals surface area contributed by atoms with Gasteiger partial charge in [-0.3, -0.25) is 0 Å². The van der Waals surface area contributed by atoms with Crippen LogP contribution in [0.25, 0.3) is 87.6 Å². The molecule has 0 amide bonds. The lowest BCUT2D eigenvalue weighted by molar-refractivity contribution is 0.660. The average molecular weight is 691 g/mol. The summed E-state index contributed by atoms with van der Waals surface area (Å²) in [5.74, 6) is 0. The van der Waals surface area contributed by atoms with Crippen molar-refractivity contribution < 1.29 is 0 Å². The van der Waals surface area contributed by atoms with Crippen LogP contribution in [0.2, 0.25) is 0 Å². The van der Waals surface area contributed by atoms with Crippen molar-refractivity contribution in [1.82, 2.24) is 0 Å². The van der Waals surface area contributed by atoms with Crippen LogP contribution < -0.4 is 0 Å². The molecule has 0 heterocycles. The molecule has 0 nitrogen and oxygen atoms in total. The zero-order chi connectivity index (χ0) is 36.7. The fraction of sp³-hybridized carbons (Fsp3) is 0.148. The molecule has 2 aliphatic rings. The van der Waals surface area contributed by atoms with Gasteiger partial charge in [0.2, 0.25) is 0 Å². The Labute approximate surface area is 317 Å². The standard InChI is InChI=1S/C54H42/c1-31-19-23-41-43(27-31)44-28-32(2)20-24-42(44)52-50(34-22-26-38-36-14-10-12-18-46(36)54(5,6)48(38)30-34)40-16-8-7-15-39(40)49(51(41)52)33-21-25-37-35-13-9-11-17-45(35)53(3,4)47(37)29-33/h7-30H,1-6H3. The lowest BCUT2D eigenvalue weighted by atomic mass is 9.78. The van der Waals surface area contributed by atoms with Gasteiger partial charge in [0.05, 0.1) is 0 Å². The Bertz CT molecular complexity index is 2900. The lowest BCUT2D eigenvalue weighted by Gasteiger charge is -2.25. The Morgan fingerprint density at radius 1 is 0.315 bits per heavy atom. The van der Waals surface area contributed by atoms with Gasteiger partial charge in [-0.25, -0.2) is 0 Å². The molecule has 54 heavy (non-hydrogen) atoms. The Hall–Kier alpha value is -5.98. The lowest BCUT2D eigenvalue weighted by Crippen LogP contribution is -2.15. The third-order valence-electron chi connectivity index (χ3n) is 13.1. The first-order chi connectivity index (χ1) is 26.1. The van der Waals surface area contributed by atoms with Gasteiger partial charge in [-0.05, 0) is 136 Å². The van der Waals surface area contributed by atoms with Crippen LogP contribution in [0.4, 0.5) is 0 Å².